The van der Waals surface area contributed by atoms with E-state index in [2.05, 4.69) is 171 Å². The van der Waals surface area contributed by atoms with Gasteiger partial charge < -0.3 is 0 Å². The van der Waals surface area contributed by atoms with Crippen LogP contribution in [-0.2, 0) is 35.2 Å². The second-order valence-electron chi connectivity index (χ2n) is 22.9. The van der Waals surface area contributed by atoms with Crippen LogP contribution < -0.4 is 22.8 Å². The van der Waals surface area contributed by atoms with Gasteiger partial charge in [-0.05, 0) is 198 Å². The number of aromatic nitrogens is 5. The van der Waals surface area contributed by atoms with Crippen molar-refractivity contribution in [2.75, 3.05) is 0 Å². The maximum atomic E-state index is 7.64. The standard InChI is InChI=1S/5C16H20N/c2*1-11-6-8-15(13(3)10-11)16-9-7-12(2)14(4)17(16)5;2*1-11-6-7-13(3)15(10-11)16-9-8-12(2)14(4)17(16)5;1-11-7-6-8-15(13(11)3)16-10-9-12(2)14(4)17(16)5/h5*6-10H,1-5H3/q5*+1/i1D3,2D3;;2D3;;1D3,2D3. The number of benzene rings is 5. The normalized spacial score (nSPS) is 14.0. The summed E-state index contributed by atoms with van der Waals surface area (Å²) < 4.78 is 124. The molecule has 85 heavy (non-hydrogen) atoms. The van der Waals surface area contributed by atoms with Crippen molar-refractivity contribution in [3.05, 3.63) is 264 Å². The van der Waals surface area contributed by atoms with E-state index < -0.39 is 34.3 Å². The highest BCUT2D eigenvalue weighted by Gasteiger charge is 2.21. The van der Waals surface area contributed by atoms with Crippen LogP contribution in [0.25, 0.3) is 56.3 Å². The number of aryl methyl sites for hydroxylation is 14. The van der Waals surface area contributed by atoms with Gasteiger partial charge in [0.15, 0.2) is 28.5 Å². The van der Waals surface area contributed by atoms with Gasteiger partial charge in [-0.1, -0.05) is 82.9 Å². The molecule has 10 aromatic rings. The Morgan fingerprint density at radius 2 is 0.518 bits per heavy atom. The van der Waals surface area contributed by atoms with Crippen molar-refractivity contribution in [2.24, 2.45) is 35.2 Å². The van der Waals surface area contributed by atoms with E-state index in [1.807, 2.05) is 49.2 Å². The summed E-state index contributed by atoms with van der Waals surface area (Å²) in [6.45, 7) is 19.7. The van der Waals surface area contributed by atoms with Gasteiger partial charge in [0.25, 0.3) is 0 Å². The molecule has 0 N–H and O–H groups in total. The Morgan fingerprint density at radius 1 is 0.224 bits per heavy atom. The monoisotopic (exact) mass is 1150 g/mol. The van der Waals surface area contributed by atoms with Gasteiger partial charge in [0.2, 0.25) is 28.5 Å². The number of rotatable bonds is 5. The molecule has 0 aliphatic heterocycles. The summed E-state index contributed by atoms with van der Waals surface area (Å²) in [4.78, 5) is 0. The zero-order valence-corrected chi connectivity index (χ0v) is 54.2. The van der Waals surface area contributed by atoms with E-state index in [4.69, 9.17) is 20.6 Å². The second-order valence-corrected chi connectivity index (χ2v) is 22.9. The SMILES string of the molecule is Cc1ccc(-c2ccc(C)c(C)[n+]2C)c(C)c1.Cc1ccc(C)c(-c2ccc(C)c(C)[n+]2C)c1.[2H]C([2H])([2H])c1ccc(-c2cc(C)ccc2C)[n+](C)c1C.[2H]C([2H])([2H])c1ccc(-c2ccc(C([2H])([2H])[2H])c(C)[n+]2C)c(C)c1.[2H]C([2H])([2H])c1cccc(-c2ccc(C([2H])([2H])[2H])c(C)[n+]2C)c1C. The quantitative estimate of drug-likeness (QED) is 0.153. The van der Waals surface area contributed by atoms with Crippen LogP contribution >= 0.6 is 0 Å². The summed E-state index contributed by atoms with van der Waals surface area (Å²) in [6.07, 6.45) is 0. The minimum absolute atomic E-state index is 0.299. The van der Waals surface area contributed by atoms with Crippen LogP contribution in [0.2, 0.25) is 0 Å². The fraction of sp³-hybridized carbons (Fsp3) is 0.312. The lowest BCUT2D eigenvalue weighted by molar-refractivity contribution is -0.667. The Hall–Kier alpha value is -8.15. The predicted octanol–water partition coefficient (Wildman–Crippen LogP) is 17.1. The molecule has 0 unspecified atom stereocenters. The van der Waals surface area contributed by atoms with E-state index in [9.17, 15) is 0 Å². The molecule has 0 saturated carbocycles. The molecule has 0 aliphatic rings. The van der Waals surface area contributed by atoms with Crippen LogP contribution in [0.15, 0.2) is 152 Å². The molecule has 0 radical (unpaired) electrons. The number of pyridine rings is 5. The van der Waals surface area contributed by atoms with Crippen molar-refractivity contribution >= 4 is 0 Å². The molecule has 5 aromatic carbocycles. The molecule has 0 amide bonds. The van der Waals surface area contributed by atoms with E-state index in [0.29, 0.717) is 44.8 Å². The van der Waals surface area contributed by atoms with Crippen LogP contribution in [0.1, 0.15) is 132 Å². The zero-order valence-electron chi connectivity index (χ0n) is 69.2. The van der Waals surface area contributed by atoms with Gasteiger partial charge in [0, 0.05) is 141 Å². The molecule has 0 bridgehead atoms. The van der Waals surface area contributed by atoms with E-state index in [1.165, 1.54) is 78.4 Å². The Bertz CT molecular complexity index is 4650. The largest absolute Gasteiger partial charge is 0.212 e. The van der Waals surface area contributed by atoms with Crippen molar-refractivity contribution < 1.29 is 43.4 Å². The van der Waals surface area contributed by atoms with Crippen molar-refractivity contribution in [3.63, 3.8) is 0 Å². The molecule has 5 heterocycles. The molecule has 0 fully saturated rings. The molecule has 0 atom stereocenters. The number of hydrogen-bond donors (Lipinski definition) is 0. The lowest BCUT2D eigenvalue weighted by Crippen LogP contribution is -2.35. The molecule has 440 valence electrons. The first-order valence-electron chi connectivity index (χ1n) is 36.5. The molecule has 0 aliphatic carbocycles. The summed E-state index contributed by atoms with van der Waals surface area (Å²) in [6, 6.07) is 49.0. The van der Waals surface area contributed by atoms with Crippen LogP contribution in [-0.4, -0.2) is 0 Å². The Balaban J connectivity index is 0.000000198. The van der Waals surface area contributed by atoms with Gasteiger partial charge in [-0.25, -0.2) is 0 Å². The zero-order chi connectivity index (χ0) is 75.4. The summed E-state index contributed by atoms with van der Waals surface area (Å²) >= 11 is 0. The summed E-state index contributed by atoms with van der Waals surface area (Å²) in [5.41, 5.74) is 29.0. The van der Waals surface area contributed by atoms with Gasteiger partial charge in [-0.15, -0.1) is 0 Å². The van der Waals surface area contributed by atoms with Crippen molar-refractivity contribution in [3.8, 4) is 56.3 Å². The highest BCUT2D eigenvalue weighted by atomic mass is 15.0. The fourth-order valence-electron chi connectivity index (χ4n) is 10.4. The first-order chi connectivity index (χ1) is 46.1. The van der Waals surface area contributed by atoms with Crippen LogP contribution in [0, 0.1) is 138 Å². The fourth-order valence-corrected chi connectivity index (χ4v) is 10.4. The van der Waals surface area contributed by atoms with E-state index >= 15 is 0 Å². The number of nitrogens with zero attached hydrogens (tertiary/aromatic N) is 5. The summed E-state index contributed by atoms with van der Waals surface area (Å²) in [5.74, 6) is 0. The first kappa shape index (κ1) is 47.1. The topological polar surface area (TPSA) is 19.4 Å². The maximum absolute atomic E-state index is 7.64. The van der Waals surface area contributed by atoms with Crippen LogP contribution in [0.3, 0.4) is 0 Å². The maximum Gasteiger partial charge on any atom is 0.212 e. The van der Waals surface area contributed by atoms with Gasteiger partial charge in [0.05, 0.1) is 0 Å². The molecule has 0 spiro atoms. The third-order valence-corrected chi connectivity index (χ3v) is 16.9. The van der Waals surface area contributed by atoms with Gasteiger partial charge in [-0.2, -0.15) is 22.8 Å². The van der Waals surface area contributed by atoms with Crippen molar-refractivity contribution in [2.45, 2.75) is 138 Å². The summed E-state index contributed by atoms with van der Waals surface area (Å²) in [5, 5.41) is 0. The Morgan fingerprint density at radius 3 is 0.882 bits per heavy atom. The third kappa shape index (κ3) is 15.6. The minimum atomic E-state index is -2.17. The lowest BCUT2D eigenvalue weighted by Gasteiger charge is -2.09. The smallest absolute Gasteiger partial charge is 0.198 e. The highest BCUT2D eigenvalue weighted by Crippen LogP contribution is 2.27. The van der Waals surface area contributed by atoms with E-state index in [-0.39, 0.29) is 0 Å². The second kappa shape index (κ2) is 28.6. The van der Waals surface area contributed by atoms with Crippen molar-refractivity contribution in [1.29, 1.82) is 0 Å². The van der Waals surface area contributed by atoms with Crippen LogP contribution in [0.5, 0.6) is 0 Å². The molecule has 5 aromatic heterocycles. The van der Waals surface area contributed by atoms with Gasteiger partial charge in [0.1, 0.15) is 35.2 Å². The van der Waals surface area contributed by atoms with Crippen LogP contribution in [0.4, 0.5) is 0 Å². The molecular formula is C80H100N5+5. The molecule has 5 heteroatoms. The highest BCUT2D eigenvalue weighted by molar-refractivity contribution is 5.66. The van der Waals surface area contributed by atoms with E-state index in [0.717, 1.165) is 45.0 Å². The molecule has 0 saturated heterocycles. The third-order valence-electron chi connectivity index (χ3n) is 16.9. The average molecular weight is 1150 g/mol. The lowest BCUT2D eigenvalue weighted by atomic mass is 9.99. The molecular weight excluding hydrogens is 1030 g/mol. The average Bonchev–Trinajstić information content (AvgIpc) is 0.770. The predicted molar refractivity (Wildman–Crippen MR) is 360 cm³/mol. The van der Waals surface area contributed by atoms with Crippen molar-refractivity contribution in [1.82, 2.24) is 0 Å². The Labute approximate surface area is 534 Å². The van der Waals surface area contributed by atoms with Gasteiger partial charge in [-0.3, -0.25) is 0 Å². The van der Waals surface area contributed by atoms with Gasteiger partial charge >= 0.3 is 0 Å². The number of hydrogen-bond acceptors (Lipinski definition) is 0. The minimum Gasteiger partial charge on any atom is -0.198 e. The Kier molecular flexibility index (Phi) is 15.9. The molecule has 10 rings (SSSR count). The first-order valence-corrected chi connectivity index (χ1v) is 29.0. The molecule has 5 nitrogen and oxygen atoms in total. The summed E-state index contributed by atoms with van der Waals surface area (Å²) in [7, 11) is 9.80. The van der Waals surface area contributed by atoms with E-state index in [1.54, 1.807) is 93.0 Å².